The van der Waals surface area contributed by atoms with Gasteiger partial charge in [0, 0.05) is 53.5 Å². The first-order valence-electron chi connectivity index (χ1n) is 12.7. The van der Waals surface area contributed by atoms with Gasteiger partial charge in [-0.1, -0.05) is 11.6 Å². The summed E-state index contributed by atoms with van der Waals surface area (Å²) in [6, 6.07) is 10.5. The minimum Gasteiger partial charge on any atom is -0.490 e. The van der Waals surface area contributed by atoms with E-state index in [-0.39, 0.29) is 24.1 Å². The standard InChI is InChI=1S/C29H27ClINO6/c1-2-36-24-14-16(13-19(31)29(24)37-15-25(35)32-18-11-9-17(30)10-12-18)26-27-20(33)5-3-7-22(27)38-23-8-4-6-21(34)28(23)26/h9-14,26H,2-8,15H2,1H3,(H,32,35). The average molecular weight is 648 g/mol. The van der Waals surface area contributed by atoms with Crippen LogP contribution in [0.25, 0.3) is 0 Å². The van der Waals surface area contributed by atoms with E-state index >= 15 is 0 Å². The van der Waals surface area contributed by atoms with Crippen LogP contribution < -0.4 is 14.8 Å². The summed E-state index contributed by atoms with van der Waals surface area (Å²) < 4.78 is 18.7. The Morgan fingerprint density at radius 2 is 1.63 bits per heavy atom. The number of allylic oxidation sites excluding steroid dienone is 4. The fraction of sp³-hybridized carbons (Fsp3) is 0.345. The molecule has 38 heavy (non-hydrogen) atoms. The summed E-state index contributed by atoms with van der Waals surface area (Å²) in [6.45, 7) is 2.01. The lowest BCUT2D eigenvalue weighted by Gasteiger charge is -2.36. The van der Waals surface area contributed by atoms with Crippen molar-refractivity contribution in [1.29, 1.82) is 0 Å². The Labute approximate surface area is 239 Å². The number of carbonyl (C=O) groups excluding carboxylic acids is 3. The maximum Gasteiger partial charge on any atom is 0.262 e. The third-order valence-corrected chi connectivity index (χ3v) is 7.83. The lowest BCUT2D eigenvalue weighted by Crippen LogP contribution is -2.30. The second-order valence-electron chi connectivity index (χ2n) is 9.37. The van der Waals surface area contributed by atoms with E-state index in [4.69, 9.17) is 25.8 Å². The van der Waals surface area contributed by atoms with Gasteiger partial charge in [0.05, 0.1) is 10.2 Å². The van der Waals surface area contributed by atoms with Crippen molar-refractivity contribution in [1.82, 2.24) is 0 Å². The minimum absolute atomic E-state index is 0.0216. The molecule has 2 aliphatic carbocycles. The molecule has 0 saturated carbocycles. The van der Waals surface area contributed by atoms with E-state index in [9.17, 15) is 14.4 Å². The van der Waals surface area contributed by atoms with Crippen molar-refractivity contribution in [3.63, 3.8) is 0 Å². The third-order valence-electron chi connectivity index (χ3n) is 6.78. The minimum atomic E-state index is -0.496. The predicted octanol–water partition coefficient (Wildman–Crippen LogP) is 6.49. The van der Waals surface area contributed by atoms with Gasteiger partial charge in [0.2, 0.25) is 0 Å². The van der Waals surface area contributed by atoms with E-state index in [0.29, 0.717) is 80.7 Å². The third kappa shape index (κ3) is 5.47. The molecule has 0 aromatic heterocycles. The van der Waals surface area contributed by atoms with Crippen LogP contribution in [0.3, 0.4) is 0 Å². The van der Waals surface area contributed by atoms with Crippen molar-refractivity contribution in [2.24, 2.45) is 0 Å². The molecule has 1 N–H and O–H groups in total. The molecule has 7 nitrogen and oxygen atoms in total. The SMILES string of the molecule is CCOc1cc(C2C3=C(CCCC3=O)OC3=C2C(=O)CCC3)cc(I)c1OCC(=O)Nc1ccc(Cl)cc1. The Kier molecular flexibility index (Phi) is 8.09. The first-order chi connectivity index (χ1) is 18.4. The number of nitrogens with one attached hydrogen (secondary N) is 1. The Morgan fingerprint density at radius 1 is 1.00 bits per heavy atom. The summed E-state index contributed by atoms with van der Waals surface area (Å²) in [7, 11) is 0. The van der Waals surface area contributed by atoms with E-state index in [2.05, 4.69) is 27.9 Å². The number of hydrogen-bond acceptors (Lipinski definition) is 6. The van der Waals surface area contributed by atoms with Gasteiger partial charge in [0.15, 0.2) is 29.7 Å². The van der Waals surface area contributed by atoms with E-state index in [0.717, 1.165) is 18.4 Å². The molecule has 9 heteroatoms. The van der Waals surface area contributed by atoms with Crippen molar-refractivity contribution >= 4 is 57.4 Å². The molecule has 198 valence electrons. The highest BCUT2D eigenvalue weighted by molar-refractivity contribution is 14.1. The summed E-state index contributed by atoms with van der Waals surface area (Å²) in [5.74, 6) is 1.48. The zero-order valence-corrected chi connectivity index (χ0v) is 23.8. The zero-order chi connectivity index (χ0) is 26.8. The number of ether oxygens (including phenoxy) is 3. The first kappa shape index (κ1) is 26.7. The van der Waals surface area contributed by atoms with E-state index in [1.54, 1.807) is 24.3 Å². The van der Waals surface area contributed by atoms with Crippen molar-refractivity contribution in [3.8, 4) is 11.5 Å². The fourth-order valence-corrected chi connectivity index (χ4v) is 6.08. The smallest absolute Gasteiger partial charge is 0.262 e. The highest BCUT2D eigenvalue weighted by atomic mass is 127. The molecule has 0 radical (unpaired) electrons. The quantitative estimate of drug-likeness (QED) is 0.346. The topological polar surface area (TPSA) is 90.9 Å². The van der Waals surface area contributed by atoms with E-state index in [1.165, 1.54) is 0 Å². The molecular formula is C29H27ClINO6. The predicted molar refractivity (Wildman–Crippen MR) is 151 cm³/mol. The largest absolute Gasteiger partial charge is 0.490 e. The van der Waals surface area contributed by atoms with Crippen molar-refractivity contribution in [2.75, 3.05) is 18.5 Å². The normalized spacial score (nSPS) is 17.6. The average Bonchev–Trinajstić information content (AvgIpc) is 2.89. The van der Waals surface area contributed by atoms with E-state index < -0.39 is 5.92 Å². The van der Waals surface area contributed by atoms with Crippen LogP contribution in [0.2, 0.25) is 5.02 Å². The lowest BCUT2D eigenvalue weighted by molar-refractivity contribution is -0.119. The summed E-state index contributed by atoms with van der Waals surface area (Å²) >= 11 is 8.06. The van der Waals surface area contributed by atoms with Crippen molar-refractivity contribution in [3.05, 3.63) is 73.2 Å². The lowest BCUT2D eigenvalue weighted by atomic mass is 9.73. The van der Waals surface area contributed by atoms with Crippen molar-refractivity contribution in [2.45, 2.75) is 51.4 Å². The van der Waals surface area contributed by atoms with Crippen molar-refractivity contribution < 1.29 is 28.6 Å². The molecule has 0 fully saturated rings. The van der Waals surface area contributed by atoms with Crippen LogP contribution in [0.4, 0.5) is 5.69 Å². The molecule has 0 bridgehead atoms. The van der Waals surface area contributed by atoms with Gasteiger partial charge in [0.1, 0.15) is 11.5 Å². The number of amides is 1. The van der Waals surface area contributed by atoms with Gasteiger partial charge in [-0.05, 0) is 84.3 Å². The van der Waals surface area contributed by atoms with Gasteiger partial charge in [-0.2, -0.15) is 0 Å². The van der Waals surface area contributed by atoms with Gasteiger partial charge in [0.25, 0.3) is 5.91 Å². The highest BCUT2D eigenvalue weighted by Crippen LogP contribution is 2.49. The van der Waals surface area contributed by atoms with Gasteiger partial charge < -0.3 is 19.5 Å². The Bertz CT molecular complexity index is 1320. The number of Topliss-reactive ketones (excluding diaryl/α,β-unsaturated/α-hetero) is 2. The number of anilines is 1. The van der Waals surface area contributed by atoms with Gasteiger partial charge in [-0.25, -0.2) is 0 Å². The fourth-order valence-electron chi connectivity index (χ4n) is 5.18. The van der Waals surface area contributed by atoms with Crippen LogP contribution in [0.5, 0.6) is 11.5 Å². The molecular weight excluding hydrogens is 621 g/mol. The summed E-state index contributed by atoms with van der Waals surface area (Å²) in [6.07, 6.45) is 3.73. The van der Waals surface area contributed by atoms with E-state index in [1.807, 2.05) is 19.1 Å². The van der Waals surface area contributed by atoms with Crippen LogP contribution in [0.15, 0.2) is 59.1 Å². The maximum absolute atomic E-state index is 13.1. The monoisotopic (exact) mass is 647 g/mol. The zero-order valence-electron chi connectivity index (χ0n) is 20.9. The van der Waals surface area contributed by atoms with Crippen LogP contribution in [-0.4, -0.2) is 30.7 Å². The maximum atomic E-state index is 13.1. The second kappa shape index (κ2) is 11.5. The molecule has 5 rings (SSSR count). The molecule has 1 aliphatic heterocycles. The molecule has 0 unspecified atom stereocenters. The van der Waals surface area contributed by atoms with Crippen LogP contribution >= 0.6 is 34.2 Å². The van der Waals surface area contributed by atoms with Crippen LogP contribution in [0.1, 0.15) is 56.9 Å². The molecule has 0 saturated heterocycles. The number of halogens is 2. The molecule has 3 aliphatic rings. The van der Waals surface area contributed by atoms with Crippen LogP contribution in [-0.2, 0) is 19.1 Å². The summed E-state index contributed by atoms with van der Waals surface area (Å²) in [5.41, 5.74) is 2.56. The Morgan fingerprint density at radius 3 is 2.24 bits per heavy atom. The Hall–Kier alpha value is -2.85. The summed E-state index contributed by atoms with van der Waals surface area (Å²) in [4.78, 5) is 38.8. The number of rotatable bonds is 7. The first-order valence-corrected chi connectivity index (χ1v) is 14.2. The van der Waals surface area contributed by atoms with Gasteiger partial charge >= 0.3 is 0 Å². The number of hydrogen-bond donors (Lipinski definition) is 1. The molecule has 1 amide bonds. The molecule has 0 atom stereocenters. The Balaban J connectivity index is 1.47. The molecule has 2 aromatic carbocycles. The molecule has 0 spiro atoms. The van der Waals surface area contributed by atoms with Crippen LogP contribution in [0, 0.1) is 3.57 Å². The number of benzene rings is 2. The second-order valence-corrected chi connectivity index (χ2v) is 11.0. The molecule has 2 aromatic rings. The summed E-state index contributed by atoms with van der Waals surface area (Å²) in [5, 5.41) is 3.36. The van der Waals surface area contributed by atoms with Gasteiger partial charge in [-0.15, -0.1) is 0 Å². The molecule has 1 heterocycles. The van der Waals surface area contributed by atoms with Gasteiger partial charge in [-0.3, -0.25) is 14.4 Å². The highest BCUT2D eigenvalue weighted by Gasteiger charge is 2.42. The number of ketones is 2. The number of carbonyl (C=O) groups is 3.